The van der Waals surface area contributed by atoms with Gasteiger partial charge >= 0.3 is 0 Å². The lowest BCUT2D eigenvalue weighted by Crippen LogP contribution is -1.98. The average Bonchev–Trinajstić information content (AvgIpc) is 2.34. The van der Waals surface area contributed by atoms with Gasteiger partial charge in [0, 0.05) is 11.9 Å². The van der Waals surface area contributed by atoms with E-state index >= 15 is 0 Å². The maximum atomic E-state index is 5.84. The van der Waals surface area contributed by atoms with Crippen molar-refractivity contribution in [1.29, 1.82) is 0 Å². The minimum absolute atomic E-state index is 0.658. The highest BCUT2D eigenvalue weighted by Crippen LogP contribution is 2.23. The molecule has 1 aromatic heterocycles. The molecule has 0 unspecified atom stereocenters. The van der Waals surface area contributed by atoms with Crippen LogP contribution in [0, 0.1) is 6.92 Å². The number of rotatable bonds is 3. The Labute approximate surface area is 102 Å². The molecular weight excluding hydrogens is 210 g/mol. The summed E-state index contributed by atoms with van der Waals surface area (Å²) in [6.07, 6.45) is 4.41. The number of nitrogens with one attached hydrogen (secondary N) is 1. The second-order valence-corrected chi connectivity index (χ2v) is 4.08. The zero-order chi connectivity index (χ0) is 12.3. The summed E-state index contributed by atoms with van der Waals surface area (Å²) in [5.41, 5.74) is 11.1. The van der Waals surface area contributed by atoms with E-state index in [-0.39, 0.29) is 0 Å². The van der Waals surface area contributed by atoms with E-state index in [9.17, 15) is 0 Å². The molecule has 0 radical (unpaired) electrons. The fourth-order valence-electron chi connectivity index (χ4n) is 1.81. The van der Waals surface area contributed by atoms with Crippen molar-refractivity contribution in [2.45, 2.75) is 20.3 Å². The smallest absolute Gasteiger partial charge is 0.0739 e. The van der Waals surface area contributed by atoms with E-state index < -0.39 is 0 Å². The fraction of sp³-hybridized carbons (Fsp3) is 0.214. The van der Waals surface area contributed by atoms with Crippen molar-refractivity contribution in [3.63, 3.8) is 0 Å². The largest absolute Gasteiger partial charge is 0.396 e. The number of aromatic nitrogens is 1. The molecule has 17 heavy (non-hydrogen) atoms. The van der Waals surface area contributed by atoms with Crippen LogP contribution in [-0.2, 0) is 6.42 Å². The number of pyridine rings is 1. The minimum atomic E-state index is 0.658. The highest BCUT2D eigenvalue weighted by Gasteiger charge is 2.01. The molecule has 2 rings (SSSR count). The standard InChI is InChI=1S/C14H17N3/c1-3-11-8-12(5-4-10(11)2)17-14-6-7-16-9-13(14)15/h4-9H,3,15H2,1-2H3,(H,16,17). The van der Waals surface area contributed by atoms with E-state index in [0.29, 0.717) is 5.69 Å². The van der Waals surface area contributed by atoms with Crippen LogP contribution in [0.15, 0.2) is 36.7 Å². The Morgan fingerprint density at radius 1 is 1.29 bits per heavy atom. The van der Waals surface area contributed by atoms with Crippen LogP contribution in [0.2, 0.25) is 0 Å². The number of aryl methyl sites for hydroxylation is 2. The van der Waals surface area contributed by atoms with Gasteiger partial charge in [-0.05, 0) is 42.7 Å². The van der Waals surface area contributed by atoms with Crippen LogP contribution in [-0.4, -0.2) is 4.98 Å². The molecule has 1 heterocycles. The first kappa shape index (κ1) is 11.5. The molecule has 0 atom stereocenters. The summed E-state index contributed by atoms with van der Waals surface area (Å²) in [7, 11) is 0. The second-order valence-electron chi connectivity index (χ2n) is 4.08. The molecule has 3 N–H and O–H groups in total. The highest BCUT2D eigenvalue weighted by atomic mass is 14.9. The van der Waals surface area contributed by atoms with E-state index in [1.54, 1.807) is 12.4 Å². The first-order chi connectivity index (χ1) is 8.20. The molecule has 0 aliphatic heterocycles. The lowest BCUT2D eigenvalue weighted by atomic mass is 10.1. The third kappa shape index (κ3) is 2.56. The first-order valence-corrected chi connectivity index (χ1v) is 5.76. The second kappa shape index (κ2) is 4.87. The van der Waals surface area contributed by atoms with Gasteiger partial charge in [0.2, 0.25) is 0 Å². The maximum absolute atomic E-state index is 5.84. The molecule has 0 fully saturated rings. The zero-order valence-electron chi connectivity index (χ0n) is 10.2. The predicted octanol–water partition coefficient (Wildman–Crippen LogP) is 3.28. The summed E-state index contributed by atoms with van der Waals surface area (Å²) in [5.74, 6) is 0. The van der Waals surface area contributed by atoms with E-state index in [1.807, 2.05) is 6.07 Å². The van der Waals surface area contributed by atoms with Crippen molar-refractivity contribution >= 4 is 17.1 Å². The third-order valence-corrected chi connectivity index (χ3v) is 2.86. The number of nitrogens with zero attached hydrogens (tertiary/aromatic N) is 1. The molecule has 1 aromatic carbocycles. The molecule has 0 saturated carbocycles. The fourth-order valence-corrected chi connectivity index (χ4v) is 1.81. The lowest BCUT2D eigenvalue weighted by molar-refractivity contribution is 1.11. The van der Waals surface area contributed by atoms with Crippen LogP contribution in [0.1, 0.15) is 18.1 Å². The SMILES string of the molecule is CCc1cc(Nc2ccncc2N)ccc1C. The topological polar surface area (TPSA) is 50.9 Å². The van der Waals surface area contributed by atoms with Crippen molar-refractivity contribution in [1.82, 2.24) is 4.98 Å². The summed E-state index contributed by atoms with van der Waals surface area (Å²) < 4.78 is 0. The van der Waals surface area contributed by atoms with Crippen LogP contribution in [0.5, 0.6) is 0 Å². The first-order valence-electron chi connectivity index (χ1n) is 5.76. The summed E-state index contributed by atoms with van der Waals surface area (Å²) in [4.78, 5) is 3.97. The van der Waals surface area contributed by atoms with Gasteiger partial charge in [-0.2, -0.15) is 0 Å². The Balaban J connectivity index is 2.28. The normalized spacial score (nSPS) is 10.2. The number of benzene rings is 1. The van der Waals surface area contributed by atoms with Crippen molar-refractivity contribution in [3.05, 3.63) is 47.8 Å². The highest BCUT2D eigenvalue weighted by molar-refractivity contribution is 5.71. The van der Waals surface area contributed by atoms with Crippen LogP contribution in [0.3, 0.4) is 0 Å². The Morgan fingerprint density at radius 2 is 2.12 bits per heavy atom. The van der Waals surface area contributed by atoms with Crippen LogP contribution in [0.25, 0.3) is 0 Å². The quantitative estimate of drug-likeness (QED) is 0.846. The number of hydrogen-bond acceptors (Lipinski definition) is 3. The van der Waals surface area contributed by atoms with Crippen LogP contribution >= 0.6 is 0 Å². The average molecular weight is 227 g/mol. The van der Waals surface area contributed by atoms with Gasteiger partial charge in [0.05, 0.1) is 17.6 Å². The summed E-state index contributed by atoms with van der Waals surface area (Å²) in [5, 5.41) is 3.31. The van der Waals surface area contributed by atoms with Crippen LogP contribution in [0.4, 0.5) is 17.1 Å². The van der Waals surface area contributed by atoms with Gasteiger partial charge in [0.25, 0.3) is 0 Å². The molecular formula is C14H17N3. The molecule has 3 heteroatoms. The van der Waals surface area contributed by atoms with Gasteiger partial charge in [-0.15, -0.1) is 0 Å². The van der Waals surface area contributed by atoms with Crippen molar-refractivity contribution in [2.75, 3.05) is 11.1 Å². The number of nitrogen functional groups attached to an aromatic ring is 1. The predicted molar refractivity (Wildman–Crippen MR) is 72.5 cm³/mol. The van der Waals surface area contributed by atoms with Gasteiger partial charge in [-0.3, -0.25) is 4.98 Å². The summed E-state index contributed by atoms with van der Waals surface area (Å²) >= 11 is 0. The van der Waals surface area contributed by atoms with Gasteiger partial charge in [0.15, 0.2) is 0 Å². The number of hydrogen-bond donors (Lipinski definition) is 2. The number of anilines is 3. The van der Waals surface area contributed by atoms with E-state index in [0.717, 1.165) is 17.8 Å². The van der Waals surface area contributed by atoms with Crippen molar-refractivity contribution < 1.29 is 0 Å². The molecule has 0 amide bonds. The lowest BCUT2D eigenvalue weighted by Gasteiger charge is -2.11. The van der Waals surface area contributed by atoms with Gasteiger partial charge in [-0.25, -0.2) is 0 Å². The van der Waals surface area contributed by atoms with Crippen molar-refractivity contribution in [3.8, 4) is 0 Å². The summed E-state index contributed by atoms with van der Waals surface area (Å²) in [6, 6.07) is 8.23. The monoisotopic (exact) mass is 227 g/mol. The van der Waals surface area contributed by atoms with Gasteiger partial charge in [-0.1, -0.05) is 13.0 Å². The Hall–Kier alpha value is -2.03. The Morgan fingerprint density at radius 3 is 2.82 bits per heavy atom. The molecule has 2 aromatic rings. The zero-order valence-corrected chi connectivity index (χ0v) is 10.2. The van der Waals surface area contributed by atoms with Gasteiger partial charge in [0.1, 0.15) is 0 Å². The van der Waals surface area contributed by atoms with E-state index in [1.165, 1.54) is 11.1 Å². The molecule has 3 nitrogen and oxygen atoms in total. The molecule has 0 spiro atoms. The molecule has 88 valence electrons. The molecule has 0 bridgehead atoms. The minimum Gasteiger partial charge on any atom is -0.396 e. The molecule has 0 aliphatic rings. The Kier molecular flexibility index (Phi) is 3.28. The van der Waals surface area contributed by atoms with E-state index in [4.69, 9.17) is 5.73 Å². The summed E-state index contributed by atoms with van der Waals surface area (Å²) in [6.45, 7) is 4.29. The number of nitrogens with two attached hydrogens (primary N) is 1. The van der Waals surface area contributed by atoms with Gasteiger partial charge < -0.3 is 11.1 Å². The van der Waals surface area contributed by atoms with Crippen LogP contribution < -0.4 is 11.1 Å². The van der Waals surface area contributed by atoms with E-state index in [2.05, 4.69) is 42.3 Å². The van der Waals surface area contributed by atoms with Crippen molar-refractivity contribution in [2.24, 2.45) is 0 Å². The molecule has 0 saturated heterocycles. The Bertz CT molecular complexity index is 521. The molecule has 0 aliphatic carbocycles. The third-order valence-electron chi connectivity index (χ3n) is 2.86. The maximum Gasteiger partial charge on any atom is 0.0739 e.